The van der Waals surface area contributed by atoms with Crippen LogP contribution in [0.25, 0.3) is 11.5 Å². The zero-order valence-corrected chi connectivity index (χ0v) is 11.7. The summed E-state index contributed by atoms with van der Waals surface area (Å²) in [6.45, 7) is 8.12. The van der Waals surface area contributed by atoms with E-state index < -0.39 is 0 Å². The first-order valence-corrected chi connectivity index (χ1v) is 6.62. The van der Waals surface area contributed by atoms with Crippen LogP contribution < -0.4 is 5.32 Å². The molecule has 4 heteroatoms. The number of aryl methyl sites for hydroxylation is 1. The lowest BCUT2D eigenvalue weighted by Gasteiger charge is -2.08. The Bertz CT molecular complexity index is 523. The number of hydrogen-bond acceptors (Lipinski definition) is 4. The monoisotopic (exact) mass is 256 g/mol. The molecule has 0 saturated carbocycles. The predicted octanol–water partition coefficient (Wildman–Crippen LogP) is 2.59. The highest BCUT2D eigenvalue weighted by atomic mass is 15.0. The smallest absolute Gasteiger partial charge is 0.178 e. The van der Waals surface area contributed by atoms with Gasteiger partial charge >= 0.3 is 0 Å². The Morgan fingerprint density at radius 3 is 2.74 bits per heavy atom. The number of nitrogens with one attached hydrogen (secondary N) is 1. The Morgan fingerprint density at radius 1 is 1.21 bits per heavy atom. The Morgan fingerprint density at radius 2 is 2.05 bits per heavy atom. The maximum Gasteiger partial charge on any atom is 0.178 e. The van der Waals surface area contributed by atoms with Gasteiger partial charge in [-0.2, -0.15) is 0 Å². The number of hydrogen-bond donors (Lipinski definition) is 1. The molecular weight excluding hydrogens is 236 g/mol. The second-order valence-corrected chi connectivity index (χ2v) is 5.06. The van der Waals surface area contributed by atoms with Gasteiger partial charge in [0.25, 0.3) is 0 Å². The van der Waals surface area contributed by atoms with E-state index in [4.69, 9.17) is 0 Å². The van der Waals surface area contributed by atoms with Crippen molar-refractivity contribution < 1.29 is 0 Å². The van der Waals surface area contributed by atoms with E-state index in [1.807, 2.05) is 31.2 Å². The van der Waals surface area contributed by atoms with Crippen molar-refractivity contribution in [3.05, 3.63) is 41.9 Å². The molecule has 0 saturated heterocycles. The second-order valence-electron chi connectivity index (χ2n) is 5.06. The van der Waals surface area contributed by atoms with Crippen LogP contribution in [0, 0.1) is 12.8 Å². The molecule has 0 spiro atoms. The van der Waals surface area contributed by atoms with Gasteiger partial charge in [0.2, 0.25) is 0 Å². The van der Waals surface area contributed by atoms with Crippen molar-refractivity contribution in [2.24, 2.45) is 5.92 Å². The van der Waals surface area contributed by atoms with E-state index in [1.54, 1.807) is 6.20 Å². The Labute approximate surface area is 114 Å². The summed E-state index contributed by atoms with van der Waals surface area (Å²) in [5.41, 5.74) is 2.79. The van der Waals surface area contributed by atoms with Gasteiger partial charge in [0.1, 0.15) is 5.69 Å². The highest BCUT2D eigenvalue weighted by Crippen LogP contribution is 2.12. The Hall–Kier alpha value is -1.81. The van der Waals surface area contributed by atoms with Gasteiger partial charge < -0.3 is 5.32 Å². The number of rotatable bonds is 5. The van der Waals surface area contributed by atoms with E-state index >= 15 is 0 Å². The summed E-state index contributed by atoms with van der Waals surface area (Å²) in [6.07, 6.45) is 1.76. The molecule has 19 heavy (non-hydrogen) atoms. The molecule has 100 valence electrons. The molecule has 0 aliphatic carbocycles. The van der Waals surface area contributed by atoms with E-state index in [-0.39, 0.29) is 0 Å². The summed E-state index contributed by atoms with van der Waals surface area (Å²) in [7, 11) is 0. The summed E-state index contributed by atoms with van der Waals surface area (Å²) >= 11 is 0. The summed E-state index contributed by atoms with van der Waals surface area (Å²) in [6, 6.07) is 7.79. The molecule has 2 heterocycles. The van der Waals surface area contributed by atoms with Crippen molar-refractivity contribution in [3.63, 3.8) is 0 Å². The van der Waals surface area contributed by atoms with E-state index in [1.165, 1.54) is 0 Å². The molecule has 0 bridgehead atoms. The maximum atomic E-state index is 4.56. The third-order valence-electron chi connectivity index (χ3n) is 2.66. The van der Waals surface area contributed by atoms with Crippen molar-refractivity contribution >= 4 is 0 Å². The quantitative estimate of drug-likeness (QED) is 0.893. The molecule has 2 aromatic rings. The van der Waals surface area contributed by atoms with E-state index in [9.17, 15) is 0 Å². The van der Waals surface area contributed by atoms with Gasteiger partial charge in [0.05, 0.1) is 5.69 Å². The third kappa shape index (κ3) is 4.10. The van der Waals surface area contributed by atoms with Gasteiger partial charge in [0.15, 0.2) is 5.82 Å². The number of nitrogens with zero attached hydrogens (tertiary/aromatic N) is 3. The van der Waals surface area contributed by atoms with Crippen LogP contribution in [-0.2, 0) is 6.54 Å². The van der Waals surface area contributed by atoms with Crippen molar-refractivity contribution in [1.29, 1.82) is 0 Å². The van der Waals surface area contributed by atoms with Crippen LogP contribution in [0.5, 0.6) is 0 Å². The molecule has 0 unspecified atom stereocenters. The maximum absolute atomic E-state index is 4.56. The highest BCUT2D eigenvalue weighted by molar-refractivity contribution is 5.48. The van der Waals surface area contributed by atoms with Crippen LogP contribution >= 0.6 is 0 Å². The van der Waals surface area contributed by atoms with Crippen LogP contribution in [0.3, 0.4) is 0 Å². The third-order valence-corrected chi connectivity index (χ3v) is 2.66. The van der Waals surface area contributed by atoms with E-state index in [2.05, 4.69) is 34.1 Å². The second kappa shape index (κ2) is 6.38. The highest BCUT2D eigenvalue weighted by Gasteiger charge is 2.05. The summed E-state index contributed by atoms with van der Waals surface area (Å²) < 4.78 is 0. The van der Waals surface area contributed by atoms with Crippen LogP contribution in [0.2, 0.25) is 0 Å². The van der Waals surface area contributed by atoms with Crippen LogP contribution in [0.4, 0.5) is 0 Å². The standard InChI is InChI=1S/C15H20N4/c1-11(2)9-16-10-13-8-12(3)18-15(19-13)14-6-4-5-7-17-14/h4-8,11,16H,9-10H2,1-3H3. The fourth-order valence-electron chi connectivity index (χ4n) is 1.82. The summed E-state index contributed by atoms with van der Waals surface area (Å²) in [5.74, 6) is 1.33. The molecule has 0 radical (unpaired) electrons. The lowest BCUT2D eigenvalue weighted by Crippen LogP contribution is -2.20. The minimum atomic E-state index is 0.637. The first-order chi connectivity index (χ1) is 9.15. The predicted molar refractivity (Wildman–Crippen MR) is 76.5 cm³/mol. The molecule has 4 nitrogen and oxygen atoms in total. The van der Waals surface area contributed by atoms with Crippen molar-refractivity contribution in [2.75, 3.05) is 6.54 Å². The Balaban J connectivity index is 2.16. The molecule has 2 aromatic heterocycles. The molecule has 0 amide bonds. The first-order valence-electron chi connectivity index (χ1n) is 6.62. The molecule has 0 aromatic carbocycles. The topological polar surface area (TPSA) is 50.7 Å². The average molecular weight is 256 g/mol. The fraction of sp³-hybridized carbons (Fsp3) is 0.400. The SMILES string of the molecule is Cc1cc(CNCC(C)C)nc(-c2ccccn2)n1. The normalized spacial score (nSPS) is 10.9. The minimum Gasteiger partial charge on any atom is -0.311 e. The summed E-state index contributed by atoms with van der Waals surface area (Å²) in [5, 5.41) is 3.40. The van der Waals surface area contributed by atoms with E-state index in [0.29, 0.717) is 11.7 Å². The lowest BCUT2D eigenvalue weighted by molar-refractivity contribution is 0.548. The largest absolute Gasteiger partial charge is 0.311 e. The van der Waals surface area contributed by atoms with Gasteiger partial charge in [-0.05, 0) is 37.6 Å². The molecular formula is C15H20N4. The van der Waals surface area contributed by atoms with Crippen LogP contribution in [0.15, 0.2) is 30.5 Å². The van der Waals surface area contributed by atoms with Gasteiger partial charge in [-0.15, -0.1) is 0 Å². The molecule has 2 rings (SSSR count). The lowest BCUT2D eigenvalue weighted by atomic mass is 10.2. The zero-order chi connectivity index (χ0) is 13.7. The number of pyridine rings is 1. The Kier molecular flexibility index (Phi) is 4.58. The minimum absolute atomic E-state index is 0.637. The number of aromatic nitrogens is 3. The zero-order valence-electron chi connectivity index (χ0n) is 11.7. The molecule has 0 aliphatic heterocycles. The van der Waals surface area contributed by atoms with Crippen molar-refractivity contribution in [3.8, 4) is 11.5 Å². The van der Waals surface area contributed by atoms with Crippen LogP contribution in [0.1, 0.15) is 25.2 Å². The first kappa shape index (κ1) is 13.6. The average Bonchev–Trinajstić information content (AvgIpc) is 2.39. The van der Waals surface area contributed by atoms with Crippen LogP contribution in [-0.4, -0.2) is 21.5 Å². The molecule has 0 fully saturated rings. The van der Waals surface area contributed by atoms with Crippen molar-refractivity contribution in [1.82, 2.24) is 20.3 Å². The van der Waals surface area contributed by atoms with Gasteiger partial charge in [-0.3, -0.25) is 4.98 Å². The molecule has 0 atom stereocenters. The molecule has 0 aliphatic rings. The van der Waals surface area contributed by atoms with Gasteiger partial charge in [-0.1, -0.05) is 19.9 Å². The van der Waals surface area contributed by atoms with Crippen molar-refractivity contribution in [2.45, 2.75) is 27.3 Å². The summed E-state index contributed by atoms with van der Waals surface area (Å²) in [4.78, 5) is 13.3. The van der Waals surface area contributed by atoms with E-state index in [0.717, 1.165) is 30.2 Å². The molecule has 1 N–H and O–H groups in total. The van der Waals surface area contributed by atoms with Gasteiger partial charge in [-0.25, -0.2) is 9.97 Å². The van der Waals surface area contributed by atoms with Gasteiger partial charge in [0, 0.05) is 18.4 Å². The fourth-order valence-corrected chi connectivity index (χ4v) is 1.82.